The Hall–Kier alpha value is -1.96. The fourth-order valence-electron chi connectivity index (χ4n) is 3.95. The zero-order valence-electron chi connectivity index (χ0n) is 15.6. The number of aryl methyl sites for hydroxylation is 1. The topological polar surface area (TPSA) is 64.3 Å². The maximum atomic E-state index is 12.8. The van der Waals surface area contributed by atoms with Gasteiger partial charge < -0.3 is 19.3 Å². The van der Waals surface area contributed by atoms with Gasteiger partial charge in [-0.15, -0.1) is 0 Å². The van der Waals surface area contributed by atoms with Gasteiger partial charge in [0.05, 0.1) is 12.1 Å². The SMILES string of the molecule is Cc1ccc2nc(C(=O)N3CCC(O)(CN4CCN(C)CC4)C3)cn2c1. The van der Waals surface area contributed by atoms with Gasteiger partial charge in [0.1, 0.15) is 11.3 Å². The average Bonchev–Trinajstić information content (AvgIpc) is 3.20. The van der Waals surface area contributed by atoms with Crippen LogP contribution in [0.1, 0.15) is 22.5 Å². The second-order valence-corrected chi connectivity index (χ2v) is 7.88. The van der Waals surface area contributed by atoms with Crippen molar-refractivity contribution < 1.29 is 9.90 Å². The summed E-state index contributed by atoms with van der Waals surface area (Å²) in [6.45, 7) is 7.60. The van der Waals surface area contributed by atoms with Gasteiger partial charge >= 0.3 is 0 Å². The molecule has 2 fully saturated rings. The third-order valence-electron chi connectivity index (χ3n) is 5.55. The molecule has 1 amide bonds. The maximum absolute atomic E-state index is 12.8. The number of β-amino-alcohol motifs (C(OH)–C–C–N with tert-alkyl or cyclic N) is 1. The van der Waals surface area contributed by atoms with Crippen molar-refractivity contribution in [3.8, 4) is 0 Å². The molecule has 0 saturated carbocycles. The Morgan fingerprint density at radius 3 is 2.73 bits per heavy atom. The van der Waals surface area contributed by atoms with E-state index in [1.165, 1.54) is 0 Å². The Kier molecular flexibility index (Phi) is 4.46. The van der Waals surface area contributed by atoms with Crippen LogP contribution in [0.4, 0.5) is 0 Å². The number of aliphatic hydroxyl groups is 1. The molecule has 2 aliphatic heterocycles. The smallest absolute Gasteiger partial charge is 0.274 e. The first-order valence-electron chi connectivity index (χ1n) is 9.30. The second kappa shape index (κ2) is 6.64. The highest BCUT2D eigenvalue weighted by Crippen LogP contribution is 2.24. The summed E-state index contributed by atoms with van der Waals surface area (Å²) < 4.78 is 1.88. The van der Waals surface area contributed by atoms with Gasteiger partial charge in [-0.2, -0.15) is 0 Å². The molecule has 7 heteroatoms. The van der Waals surface area contributed by atoms with Crippen molar-refractivity contribution in [2.45, 2.75) is 18.9 Å². The van der Waals surface area contributed by atoms with Crippen molar-refractivity contribution in [3.63, 3.8) is 0 Å². The van der Waals surface area contributed by atoms with E-state index in [0.717, 1.165) is 37.4 Å². The molecular weight excluding hydrogens is 330 g/mol. The van der Waals surface area contributed by atoms with Crippen LogP contribution < -0.4 is 0 Å². The van der Waals surface area contributed by atoms with Crippen molar-refractivity contribution in [3.05, 3.63) is 35.8 Å². The largest absolute Gasteiger partial charge is 0.387 e. The third kappa shape index (κ3) is 3.47. The number of hydrogen-bond acceptors (Lipinski definition) is 5. The van der Waals surface area contributed by atoms with E-state index >= 15 is 0 Å². The first kappa shape index (κ1) is 17.5. The molecule has 1 atom stereocenters. The fraction of sp³-hybridized carbons (Fsp3) is 0.579. The van der Waals surface area contributed by atoms with Gasteiger partial charge in [-0.05, 0) is 32.0 Å². The zero-order chi connectivity index (χ0) is 18.3. The van der Waals surface area contributed by atoms with Crippen molar-refractivity contribution in [1.29, 1.82) is 0 Å². The molecule has 4 heterocycles. The number of aromatic nitrogens is 2. The molecule has 0 spiro atoms. The summed E-state index contributed by atoms with van der Waals surface area (Å²) in [5.41, 5.74) is 1.52. The Labute approximate surface area is 153 Å². The lowest BCUT2D eigenvalue weighted by atomic mass is 10.0. The molecule has 2 saturated heterocycles. The molecular formula is C19H27N5O2. The van der Waals surface area contributed by atoms with E-state index in [0.29, 0.717) is 31.7 Å². The highest BCUT2D eigenvalue weighted by atomic mass is 16.3. The van der Waals surface area contributed by atoms with Gasteiger partial charge in [0.15, 0.2) is 0 Å². The number of amides is 1. The number of piperazine rings is 1. The standard InChI is InChI=1S/C19H27N5O2/c1-15-3-4-17-20-16(12-24(17)11-15)18(25)23-6-5-19(26,14-23)13-22-9-7-21(2)8-10-22/h3-4,11-12,26H,5-10,13-14H2,1-2H3. The quantitative estimate of drug-likeness (QED) is 0.865. The molecule has 0 aromatic carbocycles. The van der Waals surface area contributed by atoms with Crippen molar-refractivity contribution in [2.24, 2.45) is 0 Å². The second-order valence-electron chi connectivity index (χ2n) is 7.88. The minimum Gasteiger partial charge on any atom is -0.387 e. The van der Waals surface area contributed by atoms with E-state index in [9.17, 15) is 9.90 Å². The number of likely N-dealkylation sites (tertiary alicyclic amines) is 1. The van der Waals surface area contributed by atoms with Crippen LogP contribution in [0.3, 0.4) is 0 Å². The molecule has 2 aromatic heterocycles. The average molecular weight is 357 g/mol. The van der Waals surface area contributed by atoms with Crippen molar-refractivity contribution in [2.75, 3.05) is 52.9 Å². The Morgan fingerprint density at radius 2 is 1.96 bits per heavy atom. The Morgan fingerprint density at radius 1 is 1.19 bits per heavy atom. The number of hydrogen-bond donors (Lipinski definition) is 1. The molecule has 0 aliphatic carbocycles. The highest BCUT2D eigenvalue weighted by molar-refractivity contribution is 5.93. The van der Waals surface area contributed by atoms with Gasteiger partial charge in [-0.3, -0.25) is 9.69 Å². The molecule has 26 heavy (non-hydrogen) atoms. The molecule has 0 radical (unpaired) electrons. The predicted octanol–water partition coefficient (Wildman–Crippen LogP) is 0.467. The lowest BCUT2D eigenvalue weighted by molar-refractivity contribution is 0.000485. The summed E-state index contributed by atoms with van der Waals surface area (Å²) in [5, 5.41) is 11.0. The minimum absolute atomic E-state index is 0.0966. The Bertz CT molecular complexity index is 811. The zero-order valence-corrected chi connectivity index (χ0v) is 15.6. The van der Waals surface area contributed by atoms with E-state index in [2.05, 4.69) is 21.8 Å². The van der Waals surface area contributed by atoms with E-state index in [-0.39, 0.29) is 5.91 Å². The number of pyridine rings is 1. The normalized spacial score (nSPS) is 25.3. The van der Waals surface area contributed by atoms with Crippen LogP contribution in [-0.2, 0) is 0 Å². The van der Waals surface area contributed by atoms with Crippen LogP contribution in [0.2, 0.25) is 0 Å². The Balaban J connectivity index is 1.42. The number of nitrogens with zero attached hydrogens (tertiary/aromatic N) is 5. The van der Waals surface area contributed by atoms with Crippen LogP contribution in [0.15, 0.2) is 24.5 Å². The van der Waals surface area contributed by atoms with Crippen LogP contribution in [0.25, 0.3) is 5.65 Å². The summed E-state index contributed by atoms with van der Waals surface area (Å²) >= 11 is 0. The summed E-state index contributed by atoms with van der Waals surface area (Å²) in [6, 6.07) is 3.90. The number of carbonyl (C=O) groups is 1. The first-order chi connectivity index (χ1) is 12.4. The lowest BCUT2D eigenvalue weighted by Crippen LogP contribution is -2.52. The summed E-state index contributed by atoms with van der Waals surface area (Å²) in [5.74, 6) is -0.0966. The molecule has 4 rings (SSSR count). The van der Waals surface area contributed by atoms with E-state index in [1.807, 2.05) is 29.7 Å². The van der Waals surface area contributed by atoms with Crippen LogP contribution in [0.5, 0.6) is 0 Å². The maximum Gasteiger partial charge on any atom is 0.274 e. The van der Waals surface area contributed by atoms with Crippen molar-refractivity contribution >= 4 is 11.6 Å². The number of fused-ring (bicyclic) bond motifs is 1. The monoisotopic (exact) mass is 357 g/mol. The minimum atomic E-state index is -0.818. The molecule has 1 unspecified atom stereocenters. The van der Waals surface area contributed by atoms with Crippen LogP contribution in [-0.4, -0.2) is 93.6 Å². The molecule has 2 aliphatic rings. The fourth-order valence-corrected chi connectivity index (χ4v) is 3.95. The van der Waals surface area contributed by atoms with Crippen molar-refractivity contribution in [1.82, 2.24) is 24.1 Å². The molecule has 1 N–H and O–H groups in total. The van der Waals surface area contributed by atoms with Crippen LogP contribution in [0, 0.1) is 6.92 Å². The predicted molar refractivity (Wildman–Crippen MR) is 99.3 cm³/mol. The van der Waals surface area contributed by atoms with Gasteiger partial charge in [-0.25, -0.2) is 4.98 Å². The van der Waals surface area contributed by atoms with E-state index in [4.69, 9.17) is 0 Å². The van der Waals surface area contributed by atoms with Crippen LogP contribution >= 0.6 is 0 Å². The van der Waals surface area contributed by atoms with E-state index in [1.54, 1.807) is 11.1 Å². The third-order valence-corrected chi connectivity index (χ3v) is 5.55. The summed E-state index contributed by atoms with van der Waals surface area (Å²) in [6.07, 6.45) is 4.37. The number of imidazole rings is 1. The highest BCUT2D eigenvalue weighted by Gasteiger charge is 2.40. The van der Waals surface area contributed by atoms with E-state index < -0.39 is 5.60 Å². The number of carbonyl (C=O) groups excluding carboxylic acids is 1. The lowest BCUT2D eigenvalue weighted by Gasteiger charge is -2.36. The molecule has 0 bridgehead atoms. The molecule has 2 aromatic rings. The van der Waals surface area contributed by atoms with Gasteiger partial charge in [-0.1, -0.05) is 6.07 Å². The number of likely N-dealkylation sites (N-methyl/N-ethyl adjacent to an activating group) is 1. The molecule has 7 nitrogen and oxygen atoms in total. The van der Waals surface area contributed by atoms with Gasteiger partial charge in [0.25, 0.3) is 5.91 Å². The summed E-state index contributed by atoms with van der Waals surface area (Å²) in [7, 11) is 2.12. The summed E-state index contributed by atoms with van der Waals surface area (Å²) in [4.78, 5) is 23.6. The van der Waals surface area contributed by atoms with Gasteiger partial charge in [0.2, 0.25) is 0 Å². The van der Waals surface area contributed by atoms with Gasteiger partial charge in [0, 0.05) is 51.7 Å². The number of rotatable bonds is 3. The molecule has 140 valence electrons. The first-order valence-corrected chi connectivity index (χ1v) is 9.30.